The van der Waals surface area contributed by atoms with E-state index in [0.717, 1.165) is 11.6 Å². The number of alkyl halides is 2. The van der Waals surface area contributed by atoms with Crippen molar-refractivity contribution in [2.45, 2.75) is 19.0 Å². The van der Waals surface area contributed by atoms with Crippen LogP contribution in [0.25, 0.3) is 0 Å². The second-order valence-corrected chi connectivity index (χ2v) is 4.95. The lowest BCUT2D eigenvalue weighted by Crippen LogP contribution is -2.31. The fourth-order valence-electron chi connectivity index (χ4n) is 1.95. The van der Waals surface area contributed by atoms with Crippen LogP contribution < -0.4 is 0 Å². The molecule has 2 aromatic rings. The molecule has 0 aromatic heterocycles. The largest absolute Gasteiger partial charge is 0.377 e. The molecule has 23 heavy (non-hydrogen) atoms. The van der Waals surface area contributed by atoms with E-state index in [2.05, 4.69) is 0 Å². The van der Waals surface area contributed by atoms with Crippen LogP contribution in [-0.4, -0.2) is 18.3 Å². The molecule has 0 saturated carbocycles. The van der Waals surface area contributed by atoms with Crippen molar-refractivity contribution in [2.75, 3.05) is 6.61 Å². The Hall–Kier alpha value is -2.21. The first-order valence-electron chi connectivity index (χ1n) is 6.89. The standard InChI is InChI=1S/C17H14F4O2/c18-13-6-7-14(15(19)10-13)16(22)17(20,21)8-9-23-11-12-4-2-1-3-5-12/h1-7,10H,8-9,11H2. The number of carbonyl (C=O) groups excluding carboxylic acids is 1. The van der Waals surface area contributed by atoms with Crippen molar-refractivity contribution in [2.24, 2.45) is 0 Å². The van der Waals surface area contributed by atoms with Crippen LogP contribution in [0.5, 0.6) is 0 Å². The van der Waals surface area contributed by atoms with Gasteiger partial charge in [0, 0.05) is 12.5 Å². The zero-order chi connectivity index (χ0) is 16.9. The van der Waals surface area contributed by atoms with Gasteiger partial charge in [0.15, 0.2) is 0 Å². The number of Topliss-reactive ketones (excluding diaryl/α,β-unsaturated/α-hetero) is 1. The van der Waals surface area contributed by atoms with Crippen molar-refractivity contribution in [1.82, 2.24) is 0 Å². The number of hydrogen-bond donors (Lipinski definition) is 0. The summed E-state index contributed by atoms with van der Waals surface area (Å²) in [6, 6.07) is 10.8. The number of halogens is 4. The Balaban J connectivity index is 1.91. The fraction of sp³-hybridized carbons (Fsp3) is 0.235. The molecule has 0 bridgehead atoms. The maximum Gasteiger partial charge on any atom is 0.312 e. The Labute approximate surface area is 130 Å². The smallest absolute Gasteiger partial charge is 0.312 e. The van der Waals surface area contributed by atoms with Gasteiger partial charge in [0.1, 0.15) is 11.6 Å². The maximum absolute atomic E-state index is 13.8. The molecule has 0 spiro atoms. The minimum absolute atomic E-state index is 0.135. The van der Waals surface area contributed by atoms with Crippen LogP contribution in [0.2, 0.25) is 0 Å². The minimum Gasteiger partial charge on any atom is -0.377 e. The highest BCUT2D eigenvalue weighted by atomic mass is 19.3. The first-order valence-corrected chi connectivity index (χ1v) is 6.89. The van der Waals surface area contributed by atoms with Gasteiger partial charge in [0.05, 0.1) is 18.8 Å². The summed E-state index contributed by atoms with van der Waals surface area (Å²) in [4.78, 5) is 11.7. The summed E-state index contributed by atoms with van der Waals surface area (Å²) in [6.07, 6.45) is -0.879. The molecule has 2 nitrogen and oxygen atoms in total. The molecular weight excluding hydrogens is 312 g/mol. The highest BCUT2D eigenvalue weighted by Crippen LogP contribution is 2.26. The SMILES string of the molecule is O=C(c1ccc(F)cc1F)C(F)(F)CCOCc1ccccc1. The average Bonchev–Trinajstić information content (AvgIpc) is 2.52. The van der Waals surface area contributed by atoms with Crippen LogP contribution in [0.3, 0.4) is 0 Å². The Morgan fingerprint density at radius 1 is 1.04 bits per heavy atom. The van der Waals surface area contributed by atoms with E-state index >= 15 is 0 Å². The number of rotatable bonds is 7. The van der Waals surface area contributed by atoms with Crippen LogP contribution >= 0.6 is 0 Å². The third-order valence-corrected chi connectivity index (χ3v) is 3.18. The molecule has 0 radical (unpaired) electrons. The topological polar surface area (TPSA) is 26.3 Å². The second-order valence-electron chi connectivity index (χ2n) is 4.95. The van der Waals surface area contributed by atoms with E-state index in [1.807, 2.05) is 6.07 Å². The average molecular weight is 326 g/mol. The molecule has 0 heterocycles. The quantitative estimate of drug-likeness (QED) is 0.428. The summed E-state index contributed by atoms with van der Waals surface area (Å²) in [7, 11) is 0. The van der Waals surface area contributed by atoms with Gasteiger partial charge >= 0.3 is 5.92 Å². The molecule has 0 atom stereocenters. The molecule has 0 N–H and O–H groups in total. The summed E-state index contributed by atoms with van der Waals surface area (Å²) in [6.45, 7) is -0.230. The predicted molar refractivity (Wildman–Crippen MR) is 76.4 cm³/mol. The summed E-state index contributed by atoms with van der Waals surface area (Å²) >= 11 is 0. The van der Waals surface area contributed by atoms with E-state index in [9.17, 15) is 22.4 Å². The lowest BCUT2D eigenvalue weighted by Gasteiger charge is -2.15. The monoisotopic (exact) mass is 326 g/mol. The van der Waals surface area contributed by atoms with Crippen LogP contribution in [0.1, 0.15) is 22.3 Å². The van der Waals surface area contributed by atoms with Crippen LogP contribution in [0.4, 0.5) is 17.6 Å². The van der Waals surface area contributed by atoms with Gasteiger partial charge in [0.2, 0.25) is 5.78 Å². The van der Waals surface area contributed by atoms with Gasteiger partial charge in [-0.05, 0) is 17.7 Å². The van der Waals surface area contributed by atoms with E-state index in [4.69, 9.17) is 4.74 Å². The zero-order valence-electron chi connectivity index (χ0n) is 12.1. The third kappa shape index (κ3) is 4.63. The highest BCUT2D eigenvalue weighted by molar-refractivity contribution is 6.01. The highest BCUT2D eigenvalue weighted by Gasteiger charge is 2.40. The van der Waals surface area contributed by atoms with Gasteiger partial charge in [-0.25, -0.2) is 8.78 Å². The van der Waals surface area contributed by atoms with Crippen molar-refractivity contribution >= 4 is 5.78 Å². The molecule has 0 aliphatic rings. The summed E-state index contributed by atoms with van der Waals surface area (Å²) in [5.41, 5.74) is -0.0221. The van der Waals surface area contributed by atoms with E-state index in [-0.39, 0.29) is 13.2 Å². The molecule has 0 aliphatic heterocycles. The van der Waals surface area contributed by atoms with Crippen LogP contribution in [0.15, 0.2) is 48.5 Å². The molecule has 0 amide bonds. The van der Waals surface area contributed by atoms with Crippen LogP contribution in [-0.2, 0) is 11.3 Å². The van der Waals surface area contributed by atoms with Crippen molar-refractivity contribution in [3.8, 4) is 0 Å². The van der Waals surface area contributed by atoms with Crippen molar-refractivity contribution in [3.05, 3.63) is 71.3 Å². The van der Waals surface area contributed by atoms with Gasteiger partial charge in [-0.3, -0.25) is 4.79 Å². The van der Waals surface area contributed by atoms with Gasteiger partial charge in [0.25, 0.3) is 0 Å². The minimum atomic E-state index is -3.78. The Morgan fingerprint density at radius 2 is 1.74 bits per heavy atom. The number of ether oxygens (including phenoxy) is 1. The first-order chi connectivity index (χ1) is 10.9. The van der Waals surface area contributed by atoms with E-state index < -0.39 is 35.3 Å². The fourth-order valence-corrected chi connectivity index (χ4v) is 1.95. The van der Waals surface area contributed by atoms with Gasteiger partial charge in [-0.1, -0.05) is 30.3 Å². The number of carbonyl (C=O) groups is 1. The second kappa shape index (κ2) is 7.37. The number of benzene rings is 2. The lowest BCUT2D eigenvalue weighted by molar-refractivity contribution is -0.0171. The maximum atomic E-state index is 13.8. The molecule has 0 unspecified atom stereocenters. The van der Waals surface area contributed by atoms with Gasteiger partial charge < -0.3 is 4.74 Å². The number of hydrogen-bond acceptors (Lipinski definition) is 2. The molecule has 122 valence electrons. The van der Waals surface area contributed by atoms with Crippen molar-refractivity contribution in [1.29, 1.82) is 0 Å². The summed E-state index contributed by atoms with van der Waals surface area (Å²) in [5.74, 6) is -7.71. The lowest BCUT2D eigenvalue weighted by atomic mass is 10.0. The van der Waals surface area contributed by atoms with Crippen molar-refractivity contribution < 1.29 is 27.1 Å². The predicted octanol–water partition coefficient (Wildman–Crippen LogP) is 4.39. The summed E-state index contributed by atoms with van der Waals surface area (Å²) in [5, 5.41) is 0. The van der Waals surface area contributed by atoms with Gasteiger partial charge in [-0.15, -0.1) is 0 Å². The molecule has 0 aliphatic carbocycles. The molecular formula is C17H14F4O2. The van der Waals surface area contributed by atoms with Gasteiger partial charge in [-0.2, -0.15) is 8.78 Å². The zero-order valence-corrected chi connectivity index (χ0v) is 12.1. The third-order valence-electron chi connectivity index (χ3n) is 3.18. The molecule has 2 aromatic carbocycles. The molecule has 0 saturated heterocycles. The Bertz CT molecular complexity index is 672. The van der Waals surface area contributed by atoms with E-state index in [1.165, 1.54) is 0 Å². The Morgan fingerprint density at radius 3 is 2.39 bits per heavy atom. The van der Waals surface area contributed by atoms with E-state index in [1.54, 1.807) is 24.3 Å². The number of ketones is 1. The normalized spacial score (nSPS) is 11.5. The van der Waals surface area contributed by atoms with Crippen LogP contribution in [0, 0.1) is 11.6 Å². The Kier molecular flexibility index (Phi) is 5.50. The molecule has 6 heteroatoms. The van der Waals surface area contributed by atoms with Crippen molar-refractivity contribution in [3.63, 3.8) is 0 Å². The summed E-state index contributed by atoms with van der Waals surface area (Å²) < 4.78 is 58.9. The molecule has 2 rings (SSSR count). The molecule has 0 fully saturated rings. The first kappa shape index (κ1) is 17.1. The van der Waals surface area contributed by atoms with E-state index in [0.29, 0.717) is 12.1 Å².